The fourth-order valence-corrected chi connectivity index (χ4v) is 4.70. The number of hydrogen-bond donors (Lipinski definition) is 1. The molecule has 6 rings (SSSR count). The molecule has 2 aliphatic rings. The van der Waals surface area contributed by atoms with Crippen LogP contribution in [-0.4, -0.2) is 69.8 Å². The van der Waals surface area contributed by atoms with E-state index < -0.39 is 0 Å². The standard InChI is InChI=1S/C24H26N6O3/c1-2-33-24(31)29-8-6-19-21(15-29)30-14-20(16-3-4-18-17(13-16)5-7-25-18)27-22(23(30)26-19)28-9-11-32-12-10-28/h3-5,7,13-14,25H,2,6,8-12,15H2,1H3. The molecule has 0 unspecified atom stereocenters. The number of H-pyrrole nitrogens is 1. The van der Waals surface area contributed by atoms with E-state index >= 15 is 0 Å². The van der Waals surface area contributed by atoms with Gasteiger partial charge < -0.3 is 24.3 Å². The molecule has 0 aliphatic carbocycles. The van der Waals surface area contributed by atoms with Crippen LogP contribution in [0.15, 0.2) is 36.7 Å². The molecule has 0 bridgehead atoms. The highest BCUT2D eigenvalue weighted by atomic mass is 16.6. The van der Waals surface area contributed by atoms with E-state index in [0.717, 1.165) is 58.1 Å². The van der Waals surface area contributed by atoms with Gasteiger partial charge in [0.05, 0.1) is 43.4 Å². The van der Waals surface area contributed by atoms with Crippen molar-refractivity contribution in [1.29, 1.82) is 0 Å². The van der Waals surface area contributed by atoms with Crippen LogP contribution in [0.4, 0.5) is 10.6 Å². The Balaban J connectivity index is 1.50. The van der Waals surface area contributed by atoms with Gasteiger partial charge in [0.15, 0.2) is 11.5 Å². The number of amides is 1. The van der Waals surface area contributed by atoms with E-state index in [9.17, 15) is 4.79 Å². The quantitative estimate of drug-likeness (QED) is 0.520. The first kappa shape index (κ1) is 20.0. The number of anilines is 1. The number of carbonyl (C=O) groups excluding carboxylic acids is 1. The summed E-state index contributed by atoms with van der Waals surface area (Å²) in [4.78, 5) is 29.7. The molecule has 1 N–H and O–H groups in total. The Morgan fingerprint density at radius 3 is 2.91 bits per heavy atom. The van der Waals surface area contributed by atoms with Gasteiger partial charge in [-0.3, -0.25) is 4.40 Å². The van der Waals surface area contributed by atoms with Crippen LogP contribution in [0.3, 0.4) is 0 Å². The van der Waals surface area contributed by atoms with E-state index in [1.54, 1.807) is 4.90 Å². The minimum atomic E-state index is -0.279. The molecule has 5 heterocycles. The molecular formula is C24H26N6O3. The van der Waals surface area contributed by atoms with Gasteiger partial charge in [-0.15, -0.1) is 0 Å². The van der Waals surface area contributed by atoms with Crippen LogP contribution >= 0.6 is 0 Å². The van der Waals surface area contributed by atoms with Crippen molar-refractivity contribution < 1.29 is 14.3 Å². The molecule has 1 fully saturated rings. The third-order valence-corrected chi connectivity index (χ3v) is 6.42. The van der Waals surface area contributed by atoms with Gasteiger partial charge in [0.2, 0.25) is 0 Å². The second kappa shape index (κ2) is 8.08. The minimum absolute atomic E-state index is 0.279. The largest absolute Gasteiger partial charge is 0.450 e. The molecular weight excluding hydrogens is 420 g/mol. The maximum absolute atomic E-state index is 12.4. The molecule has 0 atom stereocenters. The predicted molar refractivity (Wildman–Crippen MR) is 124 cm³/mol. The van der Waals surface area contributed by atoms with E-state index in [0.29, 0.717) is 39.3 Å². The molecule has 0 spiro atoms. The Morgan fingerprint density at radius 2 is 2.06 bits per heavy atom. The lowest BCUT2D eigenvalue weighted by Gasteiger charge is -2.28. The van der Waals surface area contributed by atoms with Gasteiger partial charge in [0, 0.05) is 54.9 Å². The van der Waals surface area contributed by atoms with Gasteiger partial charge in [0.1, 0.15) is 0 Å². The van der Waals surface area contributed by atoms with Gasteiger partial charge in [-0.25, -0.2) is 14.8 Å². The number of aromatic amines is 1. The van der Waals surface area contributed by atoms with Crippen molar-refractivity contribution in [3.05, 3.63) is 48.0 Å². The lowest BCUT2D eigenvalue weighted by Crippen LogP contribution is -2.37. The molecule has 1 aromatic carbocycles. The average molecular weight is 447 g/mol. The highest BCUT2D eigenvalue weighted by Crippen LogP contribution is 2.31. The van der Waals surface area contributed by atoms with Crippen LogP contribution < -0.4 is 4.90 Å². The molecule has 0 radical (unpaired) electrons. The number of aromatic nitrogens is 4. The van der Waals surface area contributed by atoms with E-state index in [4.69, 9.17) is 19.4 Å². The number of benzene rings is 1. The van der Waals surface area contributed by atoms with Crippen LogP contribution in [0.2, 0.25) is 0 Å². The van der Waals surface area contributed by atoms with Crippen LogP contribution in [0.1, 0.15) is 18.3 Å². The molecule has 3 aromatic heterocycles. The summed E-state index contributed by atoms with van der Waals surface area (Å²) in [5.74, 6) is 0.863. The van der Waals surface area contributed by atoms with Crippen LogP contribution in [0, 0.1) is 0 Å². The number of fused-ring (bicyclic) bond motifs is 4. The number of nitrogens with zero attached hydrogens (tertiary/aromatic N) is 5. The molecule has 0 saturated carbocycles. The monoisotopic (exact) mass is 446 g/mol. The van der Waals surface area contributed by atoms with Crippen molar-refractivity contribution in [1.82, 2.24) is 24.3 Å². The SMILES string of the molecule is CCOC(=O)N1CCc2nc3c(N4CCOCC4)nc(-c4ccc5[nH]ccc5c4)cn3c2C1. The summed E-state index contributed by atoms with van der Waals surface area (Å²) >= 11 is 0. The second-order valence-electron chi connectivity index (χ2n) is 8.40. The Morgan fingerprint density at radius 1 is 1.18 bits per heavy atom. The van der Waals surface area contributed by atoms with Gasteiger partial charge in [-0.2, -0.15) is 0 Å². The van der Waals surface area contributed by atoms with Crippen molar-refractivity contribution in [3.8, 4) is 11.3 Å². The Bertz CT molecular complexity index is 1340. The third-order valence-electron chi connectivity index (χ3n) is 6.42. The molecule has 170 valence electrons. The minimum Gasteiger partial charge on any atom is -0.450 e. The van der Waals surface area contributed by atoms with E-state index in [2.05, 4.69) is 38.6 Å². The molecule has 33 heavy (non-hydrogen) atoms. The van der Waals surface area contributed by atoms with Gasteiger partial charge in [-0.05, 0) is 25.1 Å². The summed E-state index contributed by atoms with van der Waals surface area (Å²) in [7, 11) is 0. The normalized spacial score (nSPS) is 16.4. The molecule has 9 heteroatoms. The first-order valence-electron chi connectivity index (χ1n) is 11.4. The number of ether oxygens (including phenoxy) is 2. The van der Waals surface area contributed by atoms with Gasteiger partial charge >= 0.3 is 6.09 Å². The fourth-order valence-electron chi connectivity index (χ4n) is 4.70. The van der Waals surface area contributed by atoms with E-state index in [-0.39, 0.29) is 6.09 Å². The van der Waals surface area contributed by atoms with Crippen molar-refractivity contribution in [2.24, 2.45) is 0 Å². The van der Waals surface area contributed by atoms with Gasteiger partial charge in [0.25, 0.3) is 0 Å². The topological polar surface area (TPSA) is 88.0 Å². The zero-order valence-electron chi connectivity index (χ0n) is 18.6. The summed E-state index contributed by atoms with van der Waals surface area (Å²) in [6.07, 6.45) is 4.41. The number of nitrogens with one attached hydrogen (secondary N) is 1. The summed E-state index contributed by atoms with van der Waals surface area (Å²) < 4.78 is 12.9. The highest BCUT2D eigenvalue weighted by Gasteiger charge is 2.28. The number of carbonyl (C=O) groups is 1. The molecule has 1 saturated heterocycles. The average Bonchev–Trinajstić information content (AvgIpc) is 3.47. The van der Waals surface area contributed by atoms with Crippen molar-refractivity contribution in [3.63, 3.8) is 0 Å². The van der Waals surface area contributed by atoms with E-state index in [1.807, 2.05) is 19.3 Å². The zero-order chi connectivity index (χ0) is 22.4. The lowest BCUT2D eigenvalue weighted by atomic mass is 10.1. The summed E-state index contributed by atoms with van der Waals surface area (Å²) in [6.45, 7) is 6.16. The number of rotatable bonds is 3. The molecule has 2 aliphatic heterocycles. The number of morpholine rings is 1. The lowest BCUT2D eigenvalue weighted by molar-refractivity contribution is 0.102. The summed E-state index contributed by atoms with van der Waals surface area (Å²) in [5.41, 5.74) is 5.88. The van der Waals surface area contributed by atoms with Crippen molar-refractivity contribution >= 4 is 28.5 Å². The first-order valence-corrected chi connectivity index (χ1v) is 11.4. The number of imidazole rings is 1. The Labute approximate surface area is 190 Å². The number of hydrogen-bond acceptors (Lipinski definition) is 6. The highest BCUT2D eigenvalue weighted by molar-refractivity contribution is 5.85. The molecule has 1 amide bonds. The van der Waals surface area contributed by atoms with Crippen molar-refractivity contribution in [2.45, 2.75) is 19.9 Å². The zero-order valence-corrected chi connectivity index (χ0v) is 18.6. The summed E-state index contributed by atoms with van der Waals surface area (Å²) in [6, 6.07) is 8.38. The maximum atomic E-state index is 12.4. The predicted octanol–water partition coefficient (Wildman–Crippen LogP) is 3.23. The second-order valence-corrected chi connectivity index (χ2v) is 8.40. The third kappa shape index (κ3) is 3.48. The first-order chi connectivity index (χ1) is 16.2. The summed E-state index contributed by atoms with van der Waals surface area (Å²) in [5, 5.41) is 1.14. The molecule has 4 aromatic rings. The van der Waals surface area contributed by atoms with Crippen LogP contribution in [-0.2, 0) is 22.4 Å². The smallest absolute Gasteiger partial charge is 0.410 e. The van der Waals surface area contributed by atoms with Crippen molar-refractivity contribution in [2.75, 3.05) is 44.4 Å². The van der Waals surface area contributed by atoms with E-state index in [1.165, 1.54) is 0 Å². The molecule has 9 nitrogen and oxygen atoms in total. The Kier molecular flexibility index (Phi) is 4.91. The van der Waals surface area contributed by atoms with Crippen LogP contribution in [0.25, 0.3) is 27.8 Å². The fraction of sp³-hybridized carbons (Fsp3) is 0.375. The maximum Gasteiger partial charge on any atom is 0.410 e. The Hall–Kier alpha value is -3.59. The van der Waals surface area contributed by atoms with Crippen LogP contribution in [0.5, 0.6) is 0 Å². The van der Waals surface area contributed by atoms with Gasteiger partial charge in [-0.1, -0.05) is 6.07 Å².